The van der Waals surface area contributed by atoms with Crippen molar-refractivity contribution in [3.05, 3.63) is 41.0 Å². The molecule has 23 heavy (non-hydrogen) atoms. The maximum absolute atomic E-state index is 4.60. The van der Waals surface area contributed by atoms with Gasteiger partial charge in [0.2, 0.25) is 0 Å². The largest absolute Gasteiger partial charge is 0.368 e. The van der Waals surface area contributed by atoms with Gasteiger partial charge < -0.3 is 16.0 Å². The van der Waals surface area contributed by atoms with Gasteiger partial charge in [-0.1, -0.05) is 0 Å². The summed E-state index contributed by atoms with van der Waals surface area (Å²) in [5.41, 5.74) is 3.65. The molecule has 0 bridgehead atoms. The number of rotatable bonds is 5. The Morgan fingerprint density at radius 3 is 2.78 bits per heavy atom. The van der Waals surface area contributed by atoms with Gasteiger partial charge in [0.25, 0.3) is 0 Å². The summed E-state index contributed by atoms with van der Waals surface area (Å²) in [6, 6.07) is 4.04. The van der Waals surface area contributed by atoms with Crippen LogP contribution in [0.3, 0.4) is 0 Å². The van der Waals surface area contributed by atoms with Gasteiger partial charge in [0.05, 0.1) is 5.69 Å². The van der Waals surface area contributed by atoms with Gasteiger partial charge in [-0.3, -0.25) is 0 Å². The highest BCUT2D eigenvalue weighted by atomic mass is 15.1. The highest BCUT2D eigenvalue weighted by Crippen LogP contribution is 2.19. The van der Waals surface area contributed by atoms with Crippen LogP contribution in [-0.4, -0.2) is 41.1 Å². The van der Waals surface area contributed by atoms with E-state index in [-0.39, 0.29) is 0 Å². The van der Waals surface area contributed by atoms with Crippen LogP contribution in [0.4, 0.5) is 11.6 Å². The molecule has 122 valence electrons. The maximum atomic E-state index is 4.60. The summed E-state index contributed by atoms with van der Waals surface area (Å²) in [7, 11) is 0. The third kappa shape index (κ3) is 4.16. The van der Waals surface area contributed by atoms with Gasteiger partial charge in [0, 0.05) is 37.8 Å². The van der Waals surface area contributed by atoms with Crippen molar-refractivity contribution in [3.8, 4) is 0 Å². The number of hydrogen-bond donors (Lipinski definition) is 3. The van der Waals surface area contributed by atoms with Crippen LogP contribution in [0.15, 0.2) is 18.3 Å². The van der Waals surface area contributed by atoms with Crippen LogP contribution >= 0.6 is 0 Å². The summed E-state index contributed by atoms with van der Waals surface area (Å²) in [6.45, 7) is 7.60. The second-order valence-corrected chi connectivity index (χ2v) is 5.87. The zero-order valence-electron chi connectivity index (χ0n) is 13.8. The normalized spacial score (nSPS) is 14.0. The molecule has 3 N–H and O–H groups in total. The summed E-state index contributed by atoms with van der Waals surface area (Å²) >= 11 is 0. The van der Waals surface area contributed by atoms with Gasteiger partial charge in [0.1, 0.15) is 17.5 Å². The van der Waals surface area contributed by atoms with E-state index in [9.17, 15) is 0 Å². The molecular weight excluding hydrogens is 288 g/mol. The minimum absolute atomic E-state index is 0.798. The van der Waals surface area contributed by atoms with E-state index in [1.54, 1.807) is 0 Å². The number of hydrogen-bond acceptors (Lipinski definition) is 6. The Kier molecular flexibility index (Phi) is 5.02. The molecular formula is C17H24N6. The van der Waals surface area contributed by atoms with Crippen molar-refractivity contribution in [3.63, 3.8) is 0 Å². The molecule has 2 aromatic heterocycles. The van der Waals surface area contributed by atoms with Crippen molar-refractivity contribution in [2.24, 2.45) is 0 Å². The minimum Gasteiger partial charge on any atom is -0.368 e. The summed E-state index contributed by atoms with van der Waals surface area (Å²) in [5, 5.41) is 10.2. The average molecular weight is 312 g/mol. The third-order valence-electron chi connectivity index (χ3n) is 3.93. The molecule has 0 aliphatic carbocycles. The fourth-order valence-corrected chi connectivity index (χ4v) is 2.82. The predicted octanol–water partition coefficient (Wildman–Crippen LogP) is 1.70. The summed E-state index contributed by atoms with van der Waals surface area (Å²) in [6.07, 6.45) is 3.77. The Bertz CT molecular complexity index is 670. The zero-order chi connectivity index (χ0) is 16.1. The zero-order valence-corrected chi connectivity index (χ0v) is 13.8. The van der Waals surface area contributed by atoms with E-state index in [0.717, 1.165) is 56.5 Å². The number of nitrogens with one attached hydrogen (secondary N) is 3. The maximum Gasteiger partial charge on any atom is 0.133 e. The van der Waals surface area contributed by atoms with Gasteiger partial charge in [-0.15, -0.1) is 0 Å². The lowest BCUT2D eigenvalue weighted by Gasteiger charge is -2.14. The third-order valence-corrected chi connectivity index (χ3v) is 3.93. The molecule has 6 heteroatoms. The smallest absolute Gasteiger partial charge is 0.133 e. The SMILES string of the molecule is Cc1ccnc(NCCNc2nc(C)nc3c2CCNCC3)c1. The monoisotopic (exact) mass is 312 g/mol. The van der Waals surface area contributed by atoms with Gasteiger partial charge in [-0.25, -0.2) is 15.0 Å². The van der Waals surface area contributed by atoms with Crippen LogP contribution in [0.1, 0.15) is 22.6 Å². The van der Waals surface area contributed by atoms with E-state index >= 15 is 0 Å². The summed E-state index contributed by atoms with van der Waals surface area (Å²) in [4.78, 5) is 13.5. The van der Waals surface area contributed by atoms with Crippen LogP contribution in [0.25, 0.3) is 0 Å². The fourth-order valence-electron chi connectivity index (χ4n) is 2.82. The van der Waals surface area contributed by atoms with Crippen LogP contribution < -0.4 is 16.0 Å². The van der Waals surface area contributed by atoms with Crippen LogP contribution in [0.2, 0.25) is 0 Å². The highest BCUT2D eigenvalue weighted by molar-refractivity contribution is 5.48. The van der Waals surface area contributed by atoms with Gasteiger partial charge in [-0.2, -0.15) is 0 Å². The van der Waals surface area contributed by atoms with Crippen molar-refractivity contribution in [2.45, 2.75) is 26.7 Å². The lowest BCUT2D eigenvalue weighted by atomic mass is 10.1. The Morgan fingerprint density at radius 2 is 1.91 bits per heavy atom. The first-order valence-corrected chi connectivity index (χ1v) is 8.20. The molecule has 1 aliphatic rings. The molecule has 3 rings (SSSR count). The number of aryl methyl sites for hydroxylation is 2. The topological polar surface area (TPSA) is 74.8 Å². The first kappa shape index (κ1) is 15.7. The molecule has 0 unspecified atom stereocenters. The molecule has 0 atom stereocenters. The fraction of sp³-hybridized carbons (Fsp3) is 0.471. The lowest BCUT2D eigenvalue weighted by Crippen LogP contribution is -2.18. The van der Waals surface area contributed by atoms with Crippen molar-refractivity contribution in [2.75, 3.05) is 36.8 Å². The average Bonchev–Trinajstić information content (AvgIpc) is 2.77. The molecule has 0 saturated heterocycles. The molecule has 0 spiro atoms. The van der Waals surface area contributed by atoms with E-state index in [2.05, 4.69) is 37.8 Å². The molecule has 3 heterocycles. The quantitative estimate of drug-likeness (QED) is 0.730. The second-order valence-electron chi connectivity index (χ2n) is 5.87. The van der Waals surface area contributed by atoms with E-state index < -0.39 is 0 Å². The molecule has 0 saturated carbocycles. The lowest BCUT2D eigenvalue weighted by molar-refractivity contribution is 0.708. The first-order chi connectivity index (χ1) is 11.2. The molecule has 0 amide bonds. The van der Waals surface area contributed by atoms with Crippen LogP contribution in [-0.2, 0) is 12.8 Å². The number of nitrogens with zero attached hydrogens (tertiary/aromatic N) is 3. The summed E-state index contributed by atoms with van der Waals surface area (Å²) < 4.78 is 0. The molecule has 2 aromatic rings. The van der Waals surface area contributed by atoms with Crippen LogP contribution in [0.5, 0.6) is 0 Å². The van der Waals surface area contributed by atoms with Crippen molar-refractivity contribution in [1.82, 2.24) is 20.3 Å². The van der Waals surface area contributed by atoms with Crippen LogP contribution in [0, 0.1) is 13.8 Å². The minimum atomic E-state index is 0.798. The van der Waals surface area contributed by atoms with E-state index in [1.807, 2.05) is 25.3 Å². The van der Waals surface area contributed by atoms with Gasteiger partial charge in [-0.05, 0) is 44.5 Å². The second kappa shape index (κ2) is 7.37. The molecule has 0 fully saturated rings. The van der Waals surface area contributed by atoms with E-state index in [1.165, 1.54) is 16.8 Å². The number of anilines is 2. The number of fused-ring (bicyclic) bond motifs is 1. The Morgan fingerprint density at radius 1 is 1.09 bits per heavy atom. The molecule has 1 aliphatic heterocycles. The highest BCUT2D eigenvalue weighted by Gasteiger charge is 2.15. The van der Waals surface area contributed by atoms with Crippen molar-refractivity contribution in [1.29, 1.82) is 0 Å². The molecule has 0 radical (unpaired) electrons. The van der Waals surface area contributed by atoms with Gasteiger partial charge in [0.15, 0.2) is 0 Å². The molecule has 6 nitrogen and oxygen atoms in total. The Labute approximate surface area is 137 Å². The van der Waals surface area contributed by atoms with Crippen molar-refractivity contribution >= 4 is 11.6 Å². The number of aromatic nitrogens is 3. The Balaban J connectivity index is 1.61. The van der Waals surface area contributed by atoms with E-state index in [4.69, 9.17) is 0 Å². The standard InChI is InChI=1S/C17H24N6/c1-12-3-8-19-16(11-12)20-9-10-21-17-14-4-6-18-7-5-15(14)22-13(2)23-17/h3,8,11,18H,4-7,9-10H2,1-2H3,(H,19,20)(H,21,22,23). The van der Waals surface area contributed by atoms with Crippen molar-refractivity contribution < 1.29 is 0 Å². The predicted molar refractivity (Wildman–Crippen MR) is 93.0 cm³/mol. The van der Waals surface area contributed by atoms with Gasteiger partial charge >= 0.3 is 0 Å². The summed E-state index contributed by atoms with van der Waals surface area (Å²) in [5.74, 6) is 2.73. The number of pyridine rings is 1. The first-order valence-electron chi connectivity index (χ1n) is 8.20. The Hall–Kier alpha value is -2.21. The molecule has 0 aromatic carbocycles. The van der Waals surface area contributed by atoms with E-state index in [0.29, 0.717) is 0 Å².